The number of hydrogen-bond donors (Lipinski definition) is 0. The molecule has 1 atom stereocenters. The maximum absolute atomic E-state index is 11.3. The molecule has 0 N–H and O–H groups in total. The molecule has 112 valence electrons. The van der Waals surface area contributed by atoms with E-state index >= 15 is 0 Å². The third kappa shape index (κ3) is 4.76. The smallest absolute Gasteiger partial charge is 0.305 e. The predicted octanol–water partition coefficient (Wildman–Crippen LogP) is 2.22. The van der Waals surface area contributed by atoms with Gasteiger partial charge in [0.15, 0.2) is 0 Å². The Bertz CT molecular complexity index is 532. The first-order chi connectivity index (χ1) is 10.2. The van der Waals surface area contributed by atoms with Gasteiger partial charge in [-0.05, 0) is 31.4 Å². The van der Waals surface area contributed by atoms with Gasteiger partial charge in [0.2, 0.25) is 0 Å². The van der Waals surface area contributed by atoms with Crippen molar-refractivity contribution in [3.8, 4) is 11.8 Å². The van der Waals surface area contributed by atoms with Crippen LogP contribution < -0.4 is 4.74 Å². The van der Waals surface area contributed by atoms with Crippen molar-refractivity contribution in [2.75, 3.05) is 19.8 Å². The van der Waals surface area contributed by atoms with Crippen molar-refractivity contribution in [2.24, 2.45) is 0 Å². The lowest BCUT2D eigenvalue weighted by Gasteiger charge is -2.10. The lowest BCUT2D eigenvalue weighted by molar-refractivity contribution is -0.143. The van der Waals surface area contributed by atoms with Crippen molar-refractivity contribution in [1.82, 2.24) is 0 Å². The fourth-order valence-corrected chi connectivity index (χ4v) is 2.04. The molecule has 5 nitrogen and oxygen atoms in total. The van der Waals surface area contributed by atoms with E-state index in [1.807, 2.05) is 12.1 Å². The summed E-state index contributed by atoms with van der Waals surface area (Å²) in [4.78, 5) is 11.3. The molecule has 1 aromatic carbocycles. The SMILES string of the molecule is CCOC(=O)CCCc1cccc(OC[C@H]2CO2)c1C#N. The summed E-state index contributed by atoms with van der Waals surface area (Å²) in [6.45, 7) is 3.38. The molecule has 21 heavy (non-hydrogen) atoms. The molecular weight excluding hydrogens is 270 g/mol. The molecule has 0 unspecified atom stereocenters. The van der Waals surface area contributed by atoms with E-state index in [2.05, 4.69) is 6.07 Å². The highest BCUT2D eigenvalue weighted by Crippen LogP contribution is 2.24. The Morgan fingerprint density at radius 3 is 3.00 bits per heavy atom. The summed E-state index contributed by atoms with van der Waals surface area (Å²) >= 11 is 0. The number of ether oxygens (including phenoxy) is 3. The third-order valence-corrected chi connectivity index (χ3v) is 3.18. The number of nitrogens with zero attached hydrogens (tertiary/aromatic N) is 1. The van der Waals surface area contributed by atoms with Gasteiger partial charge in [0, 0.05) is 6.42 Å². The molecule has 0 amide bonds. The fourth-order valence-electron chi connectivity index (χ4n) is 2.04. The summed E-state index contributed by atoms with van der Waals surface area (Å²) < 4.78 is 15.6. The Morgan fingerprint density at radius 1 is 1.52 bits per heavy atom. The molecule has 5 heteroatoms. The Labute approximate surface area is 124 Å². The van der Waals surface area contributed by atoms with Crippen molar-refractivity contribution in [1.29, 1.82) is 5.26 Å². The van der Waals surface area contributed by atoms with Crippen molar-refractivity contribution < 1.29 is 19.0 Å². The molecule has 1 fully saturated rings. The van der Waals surface area contributed by atoms with Gasteiger partial charge < -0.3 is 14.2 Å². The van der Waals surface area contributed by atoms with Gasteiger partial charge in [-0.25, -0.2) is 0 Å². The summed E-state index contributed by atoms with van der Waals surface area (Å²) in [7, 11) is 0. The topological polar surface area (TPSA) is 71.8 Å². The second-order valence-electron chi connectivity index (χ2n) is 4.83. The van der Waals surface area contributed by atoms with Gasteiger partial charge in [-0.1, -0.05) is 12.1 Å². The van der Waals surface area contributed by atoms with Gasteiger partial charge >= 0.3 is 5.97 Å². The van der Waals surface area contributed by atoms with E-state index in [1.165, 1.54) is 0 Å². The lowest BCUT2D eigenvalue weighted by Crippen LogP contribution is -2.07. The van der Waals surface area contributed by atoms with Gasteiger partial charge in [-0.3, -0.25) is 4.79 Å². The molecule has 0 aliphatic carbocycles. The molecule has 1 aliphatic rings. The van der Waals surface area contributed by atoms with Crippen LogP contribution >= 0.6 is 0 Å². The molecule has 0 saturated carbocycles. The first kappa shape index (κ1) is 15.3. The number of carbonyl (C=O) groups excluding carboxylic acids is 1. The Morgan fingerprint density at radius 2 is 2.33 bits per heavy atom. The summed E-state index contributed by atoms with van der Waals surface area (Å²) in [5.41, 5.74) is 1.44. The number of nitriles is 1. The Hall–Kier alpha value is -2.06. The van der Waals surface area contributed by atoms with Gasteiger partial charge in [-0.2, -0.15) is 5.26 Å². The van der Waals surface area contributed by atoms with Gasteiger partial charge in [0.25, 0.3) is 0 Å². The minimum Gasteiger partial charge on any atom is -0.489 e. The quantitative estimate of drug-likeness (QED) is 0.542. The van der Waals surface area contributed by atoms with Crippen LogP contribution in [-0.4, -0.2) is 31.9 Å². The van der Waals surface area contributed by atoms with E-state index in [0.717, 1.165) is 12.2 Å². The van der Waals surface area contributed by atoms with Gasteiger partial charge in [0.1, 0.15) is 24.5 Å². The number of benzene rings is 1. The maximum atomic E-state index is 11.3. The first-order valence-corrected chi connectivity index (χ1v) is 7.16. The van der Waals surface area contributed by atoms with Crippen LogP contribution in [0.2, 0.25) is 0 Å². The minimum absolute atomic E-state index is 0.156. The van der Waals surface area contributed by atoms with Crippen LogP contribution in [0.25, 0.3) is 0 Å². The molecular formula is C16H19NO4. The van der Waals surface area contributed by atoms with Crippen molar-refractivity contribution >= 4 is 5.97 Å². The molecule has 0 radical (unpaired) electrons. The molecule has 1 aliphatic heterocycles. The maximum Gasteiger partial charge on any atom is 0.305 e. The Kier molecular flexibility index (Phi) is 5.59. The van der Waals surface area contributed by atoms with Crippen LogP contribution in [-0.2, 0) is 20.7 Å². The zero-order valence-electron chi connectivity index (χ0n) is 12.1. The second kappa shape index (κ2) is 7.65. The molecule has 2 rings (SSSR count). The number of rotatable bonds is 8. The van der Waals surface area contributed by atoms with E-state index in [1.54, 1.807) is 13.0 Å². The average molecular weight is 289 g/mol. The van der Waals surface area contributed by atoms with Crippen LogP contribution in [0.15, 0.2) is 18.2 Å². The van der Waals surface area contributed by atoms with Crippen molar-refractivity contribution in [3.05, 3.63) is 29.3 Å². The van der Waals surface area contributed by atoms with E-state index in [4.69, 9.17) is 14.2 Å². The molecule has 1 aromatic rings. The van der Waals surface area contributed by atoms with Gasteiger partial charge in [-0.15, -0.1) is 0 Å². The van der Waals surface area contributed by atoms with Gasteiger partial charge in [0.05, 0.1) is 18.8 Å². The lowest BCUT2D eigenvalue weighted by atomic mass is 10.0. The highest BCUT2D eigenvalue weighted by Gasteiger charge is 2.23. The average Bonchev–Trinajstić information content (AvgIpc) is 3.29. The van der Waals surface area contributed by atoms with E-state index < -0.39 is 0 Å². The van der Waals surface area contributed by atoms with E-state index in [9.17, 15) is 10.1 Å². The molecule has 0 bridgehead atoms. The molecule has 1 heterocycles. The fraction of sp³-hybridized carbons (Fsp3) is 0.500. The number of hydrogen-bond acceptors (Lipinski definition) is 5. The van der Waals surface area contributed by atoms with E-state index in [-0.39, 0.29) is 12.1 Å². The number of carbonyl (C=O) groups is 1. The molecule has 1 saturated heterocycles. The second-order valence-corrected chi connectivity index (χ2v) is 4.83. The van der Waals surface area contributed by atoms with Crippen molar-refractivity contribution in [2.45, 2.75) is 32.3 Å². The normalized spacial score (nSPS) is 16.1. The first-order valence-electron chi connectivity index (χ1n) is 7.16. The van der Waals surface area contributed by atoms with Crippen LogP contribution in [0.3, 0.4) is 0 Å². The van der Waals surface area contributed by atoms with Crippen LogP contribution in [0.4, 0.5) is 0 Å². The van der Waals surface area contributed by atoms with Crippen LogP contribution in [0, 0.1) is 11.3 Å². The monoisotopic (exact) mass is 289 g/mol. The molecule has 0 aromatic heterocycles. The van der Waals surface area contributed by atoms with Crippen molar-refractivity contribution in [3.63, 3.8) is 0 Å². The summed E-state index contributed by atoms with van der Waals surface area (Å²) in [5.74, 6) is 0.385. The standard InChI is InChI=1S/C16H19NO4/c1-2-19-16(18)8-4-6-12-5-3-7-15(14(12)9-17)21-11-13-10-20-13/h3,5,7,13H,2,4,6,8,10-11H2,1H3/t13-/m1/s1. The predicted molar refractivity (Wildman–Crippen MR) is 76.0 cm³/mol. The number of epoxide rings is 1. The summed E-state index contributed by atoms with van der Waals surface area (Å²) in [6.07, 6.45) is 1.82. The largest absolute Gasteiger partial charge is 0.489 e. The zero-order valence-corrected chi connectivity index (χ0v) is 12.1. The number of esters is 1. The Balaban J connectivity index is 1.93. The summed E-state index contributed by atoms with van der Waals surface area (Å²) in [6, 6.07) is 7.73. The highest BCUT2D eigenvalue weighted by atomic mass is 16.6. The minimum atomic E-state index is -0.200. The molecule has 0 spiro atoms. The van der Waals surface area contributed by atoms with Crippen LogP contribution in [0.1, 0.15) is 30.9 Å². The highest BCUT2D eigenvalue weighted by molar-refractivity contribution is 5.69. The van der Waals surface area contributed by atoms with Crippen LogP contribution in [0.5, 0.6) is 5.75 Å². The number of aryl methyl sites for hydroxylation is 1. The third-order valence-electron chi connectivity index (χ3n) is 3.18. The van der Waals surface area contributed by atoms with E-state index in [0.29, 0.717) is 43.8 Å². The zero-order chi connectivity index (χ0) is 15.1. The summed E-state index contributed by atoms with van der Waals surface area (Å²) in [5, 5.41) is 9.32.